The molecule has 2 aromatic rings. The van der Waals surface area contributed by atoms with Crippen molar-refractivity contribution < 1.29 is 4.79 Å². The molecule has 0 unspecified atom stereocenters. The van der Waals surface area contributed by atoms with Gasteiger partial charge in [0.25, 0.3) is 5.91 Å². The summed E-state index contributed by atoms with van der Waals surface area (Å²) in [5, 5.41) is 0.901. The van der Waals surface area contributed by atoms with Gasteiger partial charge in [-0.2, -0.15) is 0 Å². The van der Waals surface area contributed by atoms with Crippen LogP contribution in [-0.2, 0) is 6.54 Å². The van der Waals surface area contributed by atoms with Crippen LogP contribution in [-0.4, -0.2) is 10.5 Å². The van der Waals surface area contributed by atoms with Crippen molar-refractivity contribution >= 4 is 16.8 Å². The van der Waals surface area contributed by atoms with Crippen molar-refractivity contribution in [3.8, 4) is 0 Å². The van der Waals surface area contributed by atoms with Crippen LogP contribution in [0.3, 0.4) is 0 Å². The highest BCUT2D eigenvalue weighted by atomic mass is 16.1. The number of aromatic nitrogens is 1. The lowest BCUT2D eigenvalue weighted by atomic mass is 10.2. The lowest BCUT2D eigenvalue weighted by Gasteiger charge is -1.97. The van der Waals surface area contributed by atoms with Gasteiger partial charge in [-0.15, -0.1) is 0 Å². The molecule has 0 saturated carbocycles. The number of rotatable bonds is 2. The van der Waals surface area contributed by atoms with Crippen LogP contribution in [0.1, 0.15) is 17.3 Å². The number of nitrogens with two attached hydrogens (primary N) is 1. The van der Waals surface area contributed by atoms with Gasteiger partial charge in [-0.05, 0) is 19.1 Å². The second-order valence-corrected chi connectivity index (χ2v) is 3.14. The average molecular weight is 187 g/mol. The number of primary amides is 1. The summed E-state index contributed by atoms with van der Waals surface area (Å²) in [7, 11) is 0. The maximum atomic E-state index is 11.1. The maximum Gasteiger partial charge on any atom is 0.250 e. The molecule has 71 valence electrons. The van der Waals surface area contributed by atoms with E-state index in [-0.39, 0.29) is 5.91 Å². The van der Waals surface area contributed by atoms with E-state index in [2.05, 4.69) is 6.07 Å². The van der Waals surface area contributed by atoms with Crippen molar-refractivity contribution in [1.29, 1.82) is 0 Å². The highest BCUT2D eigenvalue weighted by Gasteiger charge is 2.10. The SMILES string of the molecule is CCn1cc(C(N)=O)c2cc[c]cc21. The van der Waals surface area contributed by atoms with E-state index in [0.29, 0.717) is 5.56 Å². The molecule has 0 bridgehead atoms. The van der Waals surface area contributed by atoms with Crippen LogP contribution in [0.5, 0.6) is 0 Å². The van der Waals surface area contributed by atoms with Crippen molar-refractivity contribution in [2.45, 2.75) is 13.5 Å². The number of hydrogen-bond donors (Lipinski definition) is 1. The van der Waals surface area contributed by atoms with Crippen LogP contribution in [0.15, 0.2) is 24.4 Å². The third kappa shape index (κ3) is 1.18. The minimum absolute atomic E-state index is 0.381. The summed E-state index contributed by atoms with van der Waals surface area (Å²) in [5.74, 6) is -0.381. The molecule has 1 amide bonds. The van der Waals surface area contributed by atoms with E-state index in [0.717, 1.165) is 17.4 Å². The standard InChI is InChI=1S/C11H11N2O/c1-2-13-7-9(11(12)14)8-5-3-4-6-10(8)13/h3,5-7H,2H2,1H3,(H2,12,14). The molecule has 3 heteroatoms. The second-order valence-electron chi connectivity index (χ2n) is 3.14. The predicted molar refractivity (Wildman–Crippen MR) is 55.0 cm³/mol. The third-order valence-electron chi connectivity index (χ3n) is 2.33. The molecule has 0 atom stereocenters. The van der Waals surface area contributed by atoms with E-state index in [4.69, 9.17) is 5.73 Å². The lowest BCUT2D eigenvalue weighted by molar-refractivity contribution is 0.100. The Morgan fingerprint density at radius 2 is 2.43 bits per heavy atom. The van der Waals surface area contributed by atoms with Gasteiger partial charge in [0.2, 0.25) is 0 Å². The van der Waals surface area contributed by atoms with Crippen molar-refractivity contribution in [3.63, 3.8) is 0 Å². The molecule has 1 heterocycles. The fourth-order valence-electron chi connectivity index (χ4n) is 1.64. The molecule has 0 fully saturated rings. The molecule has 3 nitrogen and oxygen atoms in total. The maximum absolute atomic E-state index is 11.1. The van der Waals surface area contributed by atoms with E-state index in [1.54, 1.807) is 12.3 Å². The fraction of sp³-hybridized carbons (Fsp3) is 0.182. The first-order valence-corrected chi connectivity index (χ1v) is 4.52. The Labute approximate surface area is 82.1 Å². The zero-order valence-electron chi connectivity index (χ0n) is 7.95. The summed E-state index contributed by atoms with van der Waals surface area (Å²) in [4.78, 5) is 11.1. The molecule has 2 N–H and O–H groups in total. The quantitative estimate of drug-likeness (QED) is 0.762. The minimum atomic E-state index is -0.381. The number of fused-ring (bicyclic) bond motifs is 1. The molecule has 1 radical (unpaired) electrons. The van der Waals surface area contributed by atoms with Crippen LogP contribution in [0.2, 0.25) is 0 Å². The predicted octanol–water partition coefficient (Wildman–Crippen LogP) is 1.56. The van der Waals surface area contributed by atoms with Crippen molar-refractivity contribution in [2.75, 3.05) is 0 Å². The Kier molecular flexibility index (Phi) is 2.00. The van der Waals surface area contributed by atoms with Gasteiger partial charge in [-0.3, -0.25) is 4.79 Å². The molecule has 0 aliphatic heterocycles. The zero-order chi connectivity index (χ0) is 10.1. The summed E-state index contributed by atoms with van der Waals surface area (Å²) in [6.45, 7) is 2.85. The summed E-state index contributed by atoms with van der Waals surface area (Å²) >= 11 is 0. The molecule has 1 aromatic heterocycles. The Morgan fingerprint density at radius 3 is 3.07 bits per heavy atom. The van der Waals surface area contributed by atoms with Crippen molar-refractivity contribution in [3.05, 3.63) is 36.0 Å². The Morgan fingerprint density at radius 1 is 1.64 bits per heavy atom. The first kappa shape index (κ1) is 8.81. The number of nitrogens with zero attached hydrogens (tertiary/aromatic N) is 1. The van der Waals surface area contributed by atoms with Crippen LogP contribution in [0, 0.1) is 6.07 Å². The molecule has 0 saturated heterocycles. The van der Waals surface area contributed by atoms with Gasteiger partial charge in [0, 0.05) is 23.6 Å². The van der Waals surface area contributed by atoms with E-state index in [9.17, 15) is 4.79 Å². The van der Waals surface area contributed by atoms with Gasteiger partial charge < -0.3 is 10.3 Å². The largest absolute Gasteiger partial charge is 0.366 e. The van der Waals surface area contributed by atoms with Crippen LogP contribution in [0.4, 0.5) is 0 Å². The Hall–Kier alpha value is -1.77. The Balaban J connectivity index is 2.80. The number of hydrogen-bond acceptors (Lipinski definition) is 1. The van der Waals surface area contributed by atoms with Gasteiger partial charge in [0.05, 0.1) is 5.56 Å². The van der Waals surface area contributed by atoms with Gasteiger partial charge in [0.1, 0.15) is 0 Å². The molecule has 1 aromatic carbocycles. The van der Waals surface area contributed by atoms with Gasteiger partial charge in [0.15, 0.2) is 0 Å². The fourth-order valence-corrected chi connectivity index (χ4v) is 1.64. The smallest absolute Gasteiger partial charge is 0.250 e. The van der Waals surface area contributed by atoms with Gasteiger partial charge in [-0.25, -0.2) is 0 Å². The van der Waals surface area contributed by atoms with Crippen molar-refractivity contribution in [2.24, 2.45) is 5.73 Å². The first-order valence-electron chi connectivity index (χ1n) is 4.52. The van der Waals surface area contributed by atoms with E-state index >= 15 is 0 Å². The molecule has 2 rings (SSSR count). The van der Waals surface area contributed by atoms with Crippen LogP contribution in [0.25, 0.3) is 10.9 Å². The number of aryl methyl sites for hydroxylation is 1. The van der Waals surface area contributed by atoms with Crippen molar-refractivity contribution in [1.82, 2.24) is 4.57 Å². The molecule has 0 aliphatic carbocycles. The normalized spacial score (nSPS) is 10.6. The second kappa shape index (κ2) is 3.18. The zero-order valence-corrected chi connectivity index (χ0v) is 7.95. The topological polar surface area (TPSA) is 48.0 Å². The summed E-state index contributed by atoms with van der Waals surface area (Å²) in [6.07, 6.45) is 1.79. The molecule has 0 aliphatic rings. The van der Waals surface area contributed by atoms with Gasteiger partial charge >= 0.3 is 0 Å². The van der Waals surface area contributed by atoms with E-state index < -0.39 is 0 Å². The first-order chi connectivity index (χ1) is 6.74. The summed E-state index contributed by atoms with van der Waals surface area (Å²) in [5.41, 5.74) is 6.87. The number of carbonyl (C=O) groups is 1. The van der Waals surface area contributed by atoms with E-state index in [1.165, 1.54) is 0 Å². The third-order valence-corrected chi connectivity index (χ3v) is 2.33. The molecular formula is C11H11N2O. The molecular weight excluding hydrogens is 176 g/mol. The van der Waals surface area contributed by atoms with Gasteiger partial charge in [-0.1, -0.05) is 12.1 Å². The minimum Gasteiger partial charge on any atom is -0.366 e. The molecule has 0 spiro atoms. The highest BCUT2D eigenvalue weighted by molar-refractivity contribution is 6.06. The lowest BCUT2D eigenvalue weighted by Crippen LogP contribution is -2.10. The number of amides is 1. The van der Waals surface area contributed by atoms with Crippen LogP contribution >= 0.6 is 0 Å². The number of benzene rings is 1. The van der Waals surface area contributed by atoms with E-state index in [1.807, 2.05) is 23.6 Å². The summed E-state index contributed by atoms with van der Waals surface area (Å²) < 4.78 is 1.99. The monoisotopic (exact) mass is 187 g/mol. The highest BCUT2D eigenvalue weighted by Crippen LogP contribution is 2.20. The molecule has 14 heavy (non-hydrogen) atoms. The number of carbonyl (C=O) groups excluding carboxylic acids is 1. The average Bonchev–Trinajstić information content (AvgIpc) is 2.56. The summed E-state index contributed by atoms with van der Waals surface area (Å²) in [6, 6.07) is 8.50. The Bertz CT molecular complexity index is 485. The van der Waals surface area contributed by atoms with Crippen LogP contribution < -0.4 is 5.73 Å².